The van der Waals surface area contributed by atoms with E-state index in [0.717, 1.165) is 11.1 Å². The van der Waals surface area contributed by atoms with Crippen LogP contribution < -0.4 is 0 Å². The molecule has 1 aliphatic heterocycles. The van der Waals surface area contributed by atoms with Gasteiger partial charge in [0.15, 0.2) is 6.10 Å². The highest BCUT2D eigenvalue weighted by molar-refractivity contribution is 5.90. The van der Waals surface area contributed by atoms with Gasteiger partial charge in [-0.25, -0.2) is 0 Å². The van der Waals surface area contributed by atoms with Crippen molar-refractivity contribution in [2.45, 2.75) is 52.0 Å². The molecule has 1 aromatic rings. The highest BCUT2D eigenvalue weighted by Gasteiger charge is 2.52. The predicted molar refractivity (Wildman–Crippen MR) is 80.2 cm³/mol. The van der Waals surface area contributed by atoms with Gasteiger partial charge < -0.3 is 9.64 Å². The van der Waals surface area contributed by atoms with Gasteiger partial charge in [0, 0.05) is 5.54 Å². The summed E-state index contributed by atoms with van der Waals surface area (Å²) in [6.07, 6.45) is -0.396. The van der Waals surface area contributed by atoms with Crippen molar-refractivity contribution < 1.29 is 9.53 Å². The molecule has 0 bridgehead atoms. The van der Waals surface area contributed by atoms with Gasteiger partial charge in [0.1, 0.15) is 0 Å². The first-order valence-electron chi connectivity index (χ1n) is 6.96. The van der Waals surface area contributed by atoms with Crippen LogP contribution in [0.5, 0.6) is 0 Å². The number of carbonyl (C=O) groups excluding carboxylic acids is 1. The molecule has 20 heavy (non-hydrogen) atoms. The number of β-lactam (4-membered cyclic amide) rings is 1. The first-order chi connectivity index (χ1) is 9.32. The zero-order chi connectivity index (χ0) is 14.9. The Kier molecular flexibility index (Phi) is 4.00. The van der Waals surface area contributed by atoms with Crippen LogP contribution in [0.4, 0.5) is 0 Å². The maximum atomic E-state index is 12.3. The second-order valence-corrected chi connectivity index (χ2v) is 6.39. The average Bonchev–Trinajstić information content (AvgIpc) is 2.35. The van der Waals surface area contributed by atoms with Crippen molar-refractivity contribution in [1.29, 1.82) is 0 Å². The molecule has 108 valence electrons. The van der Waals surface area contributed by atoms with Crippen LogP contribution in [0.2, 0.25) is 0 Å². The highest BCUT2D eigenvalue weighted by atomic mass is 16.5. The van der Waals surface area contributed by atoms with Crippen molar-refractivity contribution in [2.24, 2.45) is 0 Å². The van der Waals surface area contributed by atoms with Crippen molar-refractivity contribution >= 4 is 5.91 Å². The number of hydrogen-bond acceptors (Lipinski definition) is 2. The van der Waals surface area contributed by atoms with Crippen LogP contribution in [0.25, 0.3) is 0 Å². The van der Waals surface area contributed by atoms with E-state index >= 15 is 0 Å². The molecule has 1 fully saturated rings. The third kappa shape index (κ3) is 2.78. The number of rotatable bonds is 4. The monoisotopic (exact) mass is 273 g/mol. The molecule has 3 heteroatoms. The van der Waals surface area contributed by atoms with Crippen LogP contribution in [0.15, 0.2) is 42.5 Å². The maximum absolute atomic E-state index is 12.3. The van der Waals surface area contributed by atoms with Gasteiger partial charge in [-0.05, 0) is 33.3 Å². The first kappa shape index (κ1) is 14.8. The van der Waals surface area contributed by atoms with Crippen LogP contribution in [0, 0.1) is 0 Å². The van der Waals surface area contributed by atoms with E-state index in [-0.39, 0.29) is 17.5 Å². The van der Waals surface area contributed by atoms with Gasteiger partial charge in [0.05, 0.1) is 12.6 Å². The van der Waals surface area contributed by atoms with Crippen molar-refractivity contribution in [3.8, 4) is 0 Å². The molecule has 2 rings (SSSR count). The third-order valence-electron chi connectivity index (χ3n) is 3.55. The molecule has 0 saturated carbocycles. The van der Waals surface area contributed by atoms with Crippen LogP contribution in [-0.2, 0) is 16.1 Å². The number of carbonyl (C=O) groups is 1. The Hall–Kier alpha value is -1.61. The van der Waals surface area contributed by atoms with Gasteiger partial charge in [0.25, 0.3) is 5.91 Å². The quantitative estimate of drug-likeness (QED) is 0.623. The van der Waals surface area contributed by atoms with Crippen LogP contribution in [-0.4, -0.2) is 28.5 Å². The molecular formula is C17H23NO2. The van der Waals surface area contributed by atoms with Crippen LogP contribution >= 0.6 is 0 Å². The van der Waals surface area contributed by atoms with Crippen molar-refractivity contribution in [1.82, 2.24) is 4.90 Å². The number of amides is 1. The summed E-state index contributed by atoms with van der Waals surface area (Å²) in [6.45, 7) is 12.5. The minimum Gasteiger partial charge on any atom is -0.361 e. The Morgan fingerprint density at radius 2 is 1.90 bits per heavy atom. The van der Waals surface area contributed by atoms with Gasteiger partial charge in [0.2, 0.25) is 0 Å². The number of nitrogens with zero attached hydrogens (tertiary/aromatic N) is 1. The Labute approximate surface area is 121 Å². The standard InChI is InChI=1S/C17H23NO2/c1-12(2)14-15(16(19)18(14)17(3,4)5)20-11-13-9-7-6-8-10-13/h6-10,14-15H,1,11H2,2-5H3/t14-,15+/m1/s1. The van der Waals surface area contributed by atoms with Gasteiger partial charge in [-0.2, -0.15) is 0 Å². The lowest BCUT2D eigenvalue weighted by atomic mass is 9.86. The molecule has 1 saturated heterocycles. The van der Waals surface area contributed by atoms with E-state index in [9.17, 15) is 4.79 Å². The van der Waals surface area contributed by atoms with E-state index < -0.39 is 6.10 Å². The number of ether oxygens (including phenoxy) is 1. The lowest BCUT2D eigenvalue weighted by molar-refractivity contribution is -0.182. The minimum absolute atomic E-state index is 0.0220. The van der Waals surface area contributed by atoms with Crippen molar-refractivity contribution in [3.05, 3.63) is 48.0 Å². The summed E-state index contributed by atoms with van der Waals surface area (Å²) in [6, 6.07) is 9.89. The zero-order valence-electron chi connectivity index (χ0n) is 12.7. The molecule has 1 heterocycles. The Morgan fingerprint density at radius 3 is 2.40 bits per heavy atom. The summed E-state index contributed by atoms with van der Waals surface area (Å²) in [5.41, 5.74) is 1.85. The molecule has 0 spiro atoms. The second-order valence-electron chi connectivity index (χ2n) is 6.39. The van der Waals surface area contributed by atoms with Crippen LogP contribution in [0.3, 0.4) is 0 Å². The van der Waals surface area contributed by atoms with Gasteiger partial charge in [-0.15, -0.1) is 0 Å². The second kappa shape index (κ2) is 5.41. The number of hydrogen-bond donors (Lipinski definition) is 0. The topological polar surface area (TPSA) is 29.5 Å². The minimum atomic E-state index is -0.396. The summed E-state index contributed by atoms with van der Waals surface area (Å²) in [7, 11) is 0. The van der Waals surface area contributed by atoms with Gasteiger partial charge in [-0.1, -0.05) is 42.5 Å². The maximum Gasteiger partial charge on any atom is 0.255 e. The summed E-state index contributed by atoms with van der Waals surface area (Å²) >= 11 is 0. The first-order valence-corrected chi connectivity index (χ1v) is 6.96. The SMILES string of the molecule is C=C(C)[C@@H]1[C@H](OCc2ccccc2)C(=O)N1C(C)(C)C. The Balaban J connectivity index is 2.05. The molecular weight excluding hydrogens is 250 g/mol. The average molecular weight is 273 g/mol. The van der Waals surface area contributed by atoms with E-state index in [1.54, 1.807) is 0 Å². The summed E-state index contributed by atoms with van der Waals surface area (Å²) in [5.74, 6) is 0.0569. The van der Waals surface area contributed by atoms with E-state index in [0.29, 0.717) is 6.61 Å². The summed E-state index contributed by atoms with van der Waals surface area (Å²) in [4.78, 5) is 14.2. The number of benzene rings is 1. The summed E-state index contributed by atoms with van der Waals surface area (Å²) in [5, 5.41) is 0. The van der Waals surface area contributed by atoms with Crippen LogP contribution in [0.1, 0.15) is 33.3 Å². The molecule has 0 radical (unpaired) electrons. The Morgan fingerprint density at radius 1 is 1.30 bits per heavy atom. The Bertz CT molecular complexity index is 501. The van der Waals surface area contributed by atoms with Gasteiger partial charge >= 0.3 is 0 Å². The molecule has 0 aliphatic carbocycles. The van der Waals surface area contributed by atoms with E-state index in [2.05, 4.69) is 6.58 Å². The fourth-order valence-electron chi connectivity index (χ4n) is 2.61. The molecule has 1 aliphatic rings. The van der Waals surface area contributed by atoms with Crippen molar-refractivity contribution in [3.63, 3.8) is 0 Å². The zero-order valence-corrected chi connectivity index (χ0v) is 12.7. The largest absolute Gasteiger partial charge is 0.361 e. The molecule has 0 aromatic heterocycles. The molecule has 3 nitrogen and oxygen atoms in total. The molecule has 0 N–H and O–H groups in total. The van der Waals surface area contributed by atoms with Crippen molar-refractivity contribution in [2.75, 3.05) is 0 Å². The predicted octanol–water partition coefficient (Wildman–Crippen LogP) is 3.16. The lowest BCUT2D eigenvalue weighted by Gasteiger charge is -2.53. The molecule has 2 atom stereocenters. The normalized spacial score (nSPS) is 22.6. The molecule has 0 unspecified atom stereocenters. The highest BCUT2D eigenvalue weighted by Crippen LogP contribution is 2.35. The third-order valence-corrected chi connectivity index (χ3v) is 3.55. The fraction of sp³-hybridized carbons (Fsp3) is 0.471. The van der Waals surface area contributed by atoms with E-state index in [1.807, 2.05) is 62.9 Å². The smallest absolute Gasteiger partial charge is 0.255 e. The van der Waals surface area contributed by atoms with Gasteiger partial charge in [-0.3, -0.25) is 4.79 Å². The summed E-state index contributed by atoms with van der Waals surface area (Å²) < 4.78 is 5.82. The van der Waals surface area contributed by atoms with E-state index in [1.165, 1.54) is 0 Å². The molecule has 1 amide bonds. The lowest BCUT2D eigenvalue weighted by Crippen LogP contribution is -2.71. The number of likely N-dealkylation sites (tertiary alicyclic amines) is 1. The fourth-order valence-corrected chi connectivity index (χ4v) is 2.61. The molecule has 1 aromatic carbocycles. The van der Waals surface area contributed by atoms with E-state index in [4.69, 9.17) is 4.74 Å².